The normalized spacial score (nSPS) is 14.7. The lowest BCUT2D eigenvalue weighted by molar-refractivity contribution is -0.139. The molecular weight excluding hydrogens is 600 g/mol. The molecule has 3 aromatic carbocycles. The van der Waals surface area contributed by atoms with Crippen molar-refractivity contribution in [1.29, 1.82) is 0 Å². The molecule has 224 valence electrons. The second-order valence-corrected chi connectivity index (χ2v) is 13.3. The minimum Gasteiger partial charge on any atom is -0.352 e. The van der Waals surface area contributed by atoms with Gasteiger partial charge in [-0.05, 0) is 74.7 Å². The van der Waals surface area contributed by atoms with Crippen LogP contribution < -0.4 is 9.62 Å². The van der Waals surface area contributed by atoms with Gasteiger partial charge < -0.3 is 10.2 Å². The summed E-state index contributed by atoms with van der Waals surface area (Å²) in [5.41, 5.74) is 1.60. The zero-order valence-electron chi connectivity index (χ0n) is 23.5. The first-order valence-corrected chi connectivity index (χ1v) is 16.0. The number of benzene rings is 3. The Morgan fingerprint density at radius 3 is 2.21 bits per heavy atom. The zero-order valence-corrected chi connectivity index (χ0v) is 25.9. The summed E-state index contributed by atoms with van der Waals surface area (Å²) >= 11 is 12.3. The quantitative estimate of drug-likeness (QED) is 0.276. The van der Waals surface area contributed by atoms with Gasteiger partial charge in [-0.2, -0.15) is 0 Å². The minimum absolute atomic E-state index is 0.0138. The number of halogens is 3. The van der Waals surface area contributed by atoms with E-state index in [9.17, 15) is 22.4 Å². The molecule has 1 N–H and O–H groups in total. The molecule has 0 heterocycles. The molecule has 0 bridgehead atoms. The molecule has 7 nitrogen and oxygen atoms in total. The Morgan fingerprint density at radius 2 is 1.60 bits per heavy atom. The molecule has 0 aliphatic heterocycles. The number of carbonyl (C=O) groups excluding carboxylic acids is 2. The number of rotatable bonds is 10. The average molecular weight is 635 g/mol. The number of nitrogens with zero attached hydrogens (tertiary/aromatic N) is 2. The van der Waals surface area contributed by atoms with E-state index in [4.69, 9.17) is 23.2 Å². The maximum absolute atomic E-state index is 14.0. The third-order valence-corrected chi connectivity index (χ3v) is 9.99. The first-order chi connectivity index (χ1) is 20.0. The molecule has 1 fully saturated rings. The highest BCUT2D eigenvalue weighted by atomic mass is 35.5. The van der Waals surface area contributed by atoms with Crippen LogP contribution in [0.15, 0.2) is 71.6 Å². The Labute approximate surface area is 256 Å². The van der Waals surface area contributed by atoms with Crippen LogP contribution in [0.4, 0.5) is 10.1 Å². The van der Waals surface area contributed by atoms with Gasteiger partial charge in [0.2, 0.25) is 11.8 Å². The Balaban J connectivity index is 1.69. The SMILES string of the molecule is Cc1ccc(S(=O)(=O)N(CC(=O)N(Cc2ccc(F)cc2)C(C)C(=O)NC2CCCCC2)c2ccc(Cl)c(Cl)c2)cc1. The summed E-state index contributed by atoms with van der Waals surface area (Å²) < 4.78 is 42.4. The van der Waals surface area contributed by atoms with E-state index in [-0.39, 0.29) is 39.1 Å². The van der Waals surface area contributed by atoms with Crippen LogP contribution in [0.2, 0.25) is 10.0 Å². The monoisotopic (exact) mass is 633 g/mol. The molecule has 11 heteroatoms. The highest BCUT2D eigenvalue weighted by Crippen LogP contribution is 2.31. The number of amides is 2. The lowest BCUT2D eigenvalue weighted by atomic mass is 9.95. The number of hydrogen-bond donors (Lipinski definition) is 1. The van der Waals surface area contributed by atoms with Crippen LogP contribution in [-0.4, -0.2) is 43.8 Å². The van der Waals surface area contributed by atoms with Gasteiger partial charge in [-0.15, -0.1) is 0 Å². The maximum atomic E-state index is 14.0. The van der Waals surface area contributed by atoms with Crippen molar-refractivity contribution in [2.75, 3.05) is 10.8 Å². The smallest absolute Gasteiger partial charge is 0.264 e. The number of nitrogens with one attached hydrogen (secondary N) is 1. The molecule has 2 amide bonds. The molecule has 3 aromatic rings. The molecule has 0 aromatic heterocycles. The van der Waals surface area contributed by atoms with Gasteiger partial charge in [0, 0.05) is 12.6 Å². The van der Waals surface area contributed by atoms with Crippen LogP contribution in [0.25, 0.3) is 0 Å². The predicted octanol–water partition coefficient (Wildman–Crippen LogP) is 6.50. The van der Waals surface area contributed by atoms with Crippen molar-refractivity contribution in [3.8, 4) is 0 Å². The Morgan fingerprint density at radius 1 is 0.952 bits per heavy atom. The van der Waals surface area contributed by atoms with Crippen LogP contribution in [0.1, 0.15) is 50.2 Å². The van der Waals surface area contributed by atoms with Crippen LogP contribution >= 0.6 is 23.2 Å². The summed E-state index contributed by atoms with van der Waals surface area (Å²) in [6, 6.07) is 15.3. The fourth-order valence-electron chi connectivity index (χ4n) is 4.94. The molecular formula is C31H34Cl2FN3O4S. The maximum Gasteiger partial charge on any atom is 0.264 e. The predicted molar refractivity (Wildman–Crippen MR) is 164 cm³/mol. The molecule has 42 heavy (non-hydrogen) atoms. The zero-order chi connectivity index (χ0) is 30.4. The molecule has 1 aliphatic rings. The molecule has 1 aliphatic carbocycles. The van der Waals surface area contributed by atoms with Gasteiger partial charge in [0.05, 0.1) is 20.6 Å². The summed E-state index contributed by atoms with van der Waals surface area (Å²) in [7, 11) is -4.24. The lowest BCUT2D eigenvalue weighted by Gasteiger charge is -2.33. The largest absolute Gasteiger partial charge is 0.352 e. The number of aryl methyl sites for hydroxylation is 1. The fourth-order valence-corrected chi connectivity index (χ4v) is 6.64. The van der Waals surface area contributed by atoms with E-state index in [1.165, 1.54) is 59.5 Å². The topological polar surface area (TPSA) is 86.8 Å². The summed E-state index contributed by atoms with van der Waals surface area (Å²) in [4.78, 5) is 28.7. The van der Waals surface area contributed by atoms with Crippen LogP contribution in [-0.2, 0) is 26.2 Å². The van der Waals surface area contributed by atoms with Gasteiger partial charge in [-0.3, -0.25) is 13.9 Å². The Hall–Kier alpha value is -3.14. The van der Waals surface area contributed by atoms with Crippen molar-refractivity contribution in [3.63, 3.8) is 0 Å². The Kier molecular flexibility index (Phi) is 10.5. The molecule has 4 rings (SSSR count). The standard InChI is InChI=1S/C31H34Cl2FN3O4S/c1-21-8-15-27(16-9-21)42(40,41)37(26-14-17-28(32)29(33)18-26)20-30(38)36(19-23-10-12-24(34)13-11-23)22(2)31(39)35-25-6-4-3-5-7-25/h8-18,22,25H,3-7,19-20H2,1-2H3,(H,35,39). The summed E-state index contributed by atoms with van der Waals surface area (Å²) in [6.45, 7) is 2.80. The second-order valence-electron chi connectivity index (χ2n) is 10.6. The second kappa shape index (κ2) is 13.9. The number of carbonyl (C=O) groups is 2. The third kappa shape index (κ3) is 7.82. The van der Waals surface area contributed by atoms with E-state index < -0.39 is 34.3 Å². The lowest BCUT2D eigenvalue weighted by Crippen LogP contribution is -2.53. The average Bonchev–Trinajstić information content (AvgIpc) is 2.97. The fraction of sp³-hybridized carbons (Fsp3) is 0.355. The van der Waals surface area contributed by atoms with E-state index >= 15 is 0 Å². The number of sulfonamides is 1. The summed E-state index contributed by atoms with van der Waals surface area (Å²) in [6.07, 6.45) is 4.89. The van der Waals surface area contributed by atoms with Crippen molar-refractivity contribution in [1.82, 2.24) is 10.2 Å². The molecule has 0 radical (unpaired) electrons. The van der Waals surface area contributed by atoms with Crippen LogP contribution in [0, 0.1) is 12.7 Å². The summed E-state index contributed by atoms with van der Waals surface area (Å²) in [5, 5.41) is 3.40. The van der Waals surface area contributed by atoms with Gasteiger partial charge in [0.25, 0.3) is 10.0 Å². The molecule has 1 atom stereocenters. The molecule has 0 saturated heterocycles. The van der Waals surface area contributed by atoms with E-state index in [1.807, 2.05) is 6.92 Å². The van der Waals surface area contributed by atoms with E-state index in [1.54, 1.807) is 19.1 Å². The van der Waals surface area contributed by atoms with Crippen molar-refractivity contribution in [2.45, 2.75) is 69.5 Å². The van der Waals surface area contributed by atoms with Crippen molar-refractivity contribution in [3.05, 3.63) is 93.7 Å². The Bertz CT molecular complexity index is 1510. The molecule has 1 unspecified atom stereocenters. The van der Waals surface area contributed by atoms with Gasteiger partial charge in [-0.1, -0.05) is 72.3 Å². The minimum atomic E-state index is -4.24. The van der Waals surface area contributed by atoms with Crippen molar-refractivity contribution in [2.24, 2.45) is 0 Å². The van der Waals surface area contributed by atoms with Crippen molar-refractivity contribution >= 4 is 50.7 Å². The highest BCUT2D eigenvalue weighted by molar-refractivity contribution is 7.92. The van der Waals surface area contributed by atoms with Gasteiger partial charge in [0.15, 0.2) is 0 Å². The van der Waals surface area contributed by atoms with Gasteiger partial charge >= 0.3 is 0 Å². The molecule has 0 spiro atoms. The first-order valence-electron chi connectivity index (χ1n) is 13.8. The van der Waals surface area contributed by atoms with Crippen LogP contribution in [0.3, 0.4) is 0 Å². The molecule has 1 saturated carbocycles. The van der Waals surface area contributed by atoms with Gasteiger partial charge in [0.1, 0.15) is 18.4 Å². The van der Waals surface area contributed by atoms with Crippen molar-refractivity contribution < 1.29 is 22.4 Å². The number of anilines is 1. The van der Waals surface area contributed by atoms with E-state index in [0.29, 0.717) is 5.56 Å². The number of hydrogen-bond acceptors (Lipinski definition) is 4. The van der Waals surface area contributed by atoms with E-state index in [0.717, 1.165) is 42.0 Å². The third-order valence-electron chi connectivity index (χ3n) is 7.46. The van der Waals surface area contributed by atoms with Gasteiger partial charge in [-0.25, -0.2) is 12.8 Å². The van der Waals surface area contributed by atoms with E-state index in [2.05, 4.69) is 5.32 Å². The van der Waals surface area contributed by atoms with Crippen LogP contribution in [0.5, 0.6) is 0 Å². The highest BCUT2D eigenvalue weighted by Gasteiger charge is 2.33. The first kappa shape index (κ1) is 31.8. The summed E-state index contributed by atoms with van der Waals surface area (Å²) in [5.74, 6) is -1.39.